The van der Waals surface area contributed by atoms with Crippen LogP contribution in [0.4, 0.5) is 0 Å². The number of hydrogen-bond acceptors (Lipinski definition) is 2. The quantitative estimate of drug-likeness (QED) is 0.636. The molecule has 98 valence electrons. The monoisotopic (exact) mass is 314 g/mol. The van der Waals surface area contributed by atoms with Gasteiger partial charge < -0.3 is 10.5 Å². The SMILES string of the molecule is N=C(N)c1ccc(Oc2ccc(Cl)cc2Cl)c(Cl)c1. The zero-order valence-corrected chi connectivity index (χ0v) is 11.9. The van der Waals surface area contributed by atoms with Crippen molar-refractivity contribution >= 4 is 40.6 Å². The Kier molecular flexibility index (Phi) is 4.20. The van der Waals surface area contributed by atoms with Gasteiger partial charge in [-0.1, -0.05) is 34.8 Å². The molecule has 0 bridgehead atoms. The Labute approximate surface area is 125 Å². The molecule has 0 aliphatic carbocycles. The molecule has 0 saturated heterocycles. The maximum atomic E-state index is 7.32. The van der Waals surface area contributed by atoms with Gasteiger partial charge in [-0.2, -0.15) is 0 Å². The fourth-order valence-corrected chi connectivity index (χ4v) is 2.09. The average molecular weight is 316 g/mol. The minimum absolute atomic E-state index is 0.0574. The van der Waals surface area contributed by atoms with Crippen molar-refractivity contribution in [3.63, 3.8) is 0 Å². The van der Waals surface area contributed by atoms with Gasteiger partial charge in [-0.05, 0) is 36.4 Å². The zero-order valence-electron chi connectivity index (χ0n) is 9.58. The highest BCUT2D eigenvalue weighted by atomic mass is 35.5. The molecule has 6 heteroatoms. The molecule has 2 aromatic carbocycles. The molecule has 2 rings (SSSR count). The third-order valence-electron chi connectivity index (χ3n) is 2.36. The number of ether oxygens (including phenoxy) is 1. The van der Waals surface area contributed by atoms with Gasteiger partial charge in [-0.15, -0.1) is 0 Å². The van der Waals surface area contributed by atoms with E-state index >= 15 is 0 Å². The number of rotatable bonds is 3. The van der Waals surface area contributed by atoms with Crippen molar-refractivity contribution in [2.24, 2.45) is 5.73 Å². The van der Waals surface area contributed by atoms with E-state index in [0.717, 1.165) is 0 Å². The first kappa shape index (κ1) is 14.0. The van der Waals surface area contributed by atoms with Crippen molar-refractivity contribution in [1.29, 1.82) is 5.41 Å². The van der Waals surface area contributed by atoms with Crippen LogP contribution in [0.15, 0.2) is 36.4 Å². The van der Waals surface area contributed by atoms with E-state index in [0.29, 0.717) is 32.1 Å². The Morgan fingerprint density at radius 3 is 2.05 bits per heavy atom. The van der Waals surface area contributed by atoms with Gasteiger partial charge in [0.15, 0.2) is 0 Å². The van der Waals surface area contributed by atoms with Crippen molar-refractivity contribution in [2.45, 2.75) is 0 Å². The fraction of sp³-hybridized carbons (Fsp3) is 0. The summed E-state index contributed by atoms with van der Waals surface area (Å²) in [7, 11) is 0. The summed E-state index contributed by atoms with van der Waals surface area (Å²) in [4.78, 5) is 0. The number of nitrogens with two attached hydrogens (primary N) is 1. The molecule has 0 radical (unpaired) electrons. The first-order valence-corrected chi connectivity index (χ1v) is 6.37. The lowest BCUT2D eigenvalue weighted by molar-refractivity contribution is 0.483. The van der Waals surface area contributed by atoms with E-state index < -0.39 is 0 Å². The summed E-state index contributed by atoms with van der Waals surface area (Å²) in [6.07, 6.45) is 0. The number of amidine groups is 1. The second-order valence-electron chi connectivity index (χ2n) is 3.74. The standard InChI is InChI=1S/C13H9Cl3N2O/c14-8-2-4-12(10(16)6-8)19-11-3-1-7(13(17)18)5-9(11)15/h1-6H,(H3,17,18). The van der Waals surface area contributed by atoms with Gasteiger partial charge in [-0.25, -0.2) is 0 Å². The summed E-state index contributed by atoms with van der Waals surface area (Å²) in [5.74, 6) is 0.817. The molecular formula is C13H9Cl3N2O. The predicted molar refractivity (Wildman–Crippen MR) is 79.0 cm³/mol. The van der Waals surface area contributed by atoms with Crippen LogP contribution in [-0.2, 0) is 0 Å². The molecule has 0 fully saturated rings. The number of halogens is 3. The maximum absolute atomic E-state index is 7.32. The molecular weight excluding hydrogens is 307 g/mol. The van der Waals surface area contributed by atoms with Crippen molar-refractivity contribution in [3.05, 3.63) is 57.0 Å². The van der Waals surface area contributed by atoms with Gasteiger partial charge in [0.2, 0.25) is 0 Å². The van der Waals surface area contributed by atoms with Crippen LogP contribution in [-0.4, -0.2) is 5.84 Å². The molecule has 2 aromatic rings. The molecule has 0 unspecified atom stereocenters. The third-order valence-corrected chi connectivity index (χ3v) is 3.18. The average Bonchev–Trinajstić information content (AvgIpc) is 2.34. The third kappa shape index (κ3) is 3.32. The van der Waals surface area contributed by atoms with E-state index in [4.69, 9.17) is 50.7 Å². The Morgan fingerprint density at radius 1 is 0.947 bits per heavy atom. The topological polar surface area (TPSA) is 59.1 Å². The highest BCUT2D eigenvalue weighted by Gasteiger charge is 2.08. The first-order valence-electron chi connectivity index (χ1n) is 5.24. The number of nitrogen functional groups attached to an aromatic ring is 1. The second kappa shape index (κ2) is 5.70. The Hall–Kier alpha value is -1.42. The molecule has 0 amide bonds. The van der Waals surface area contributed by atoms with Gasteiger partial charge in [0.1, 0.15) is 17.3 Å². The van der Waals surface area contributed by atoms with E-state index in [1.165, 1.54) is 0 Å². The summed E-state index contributed by atoms with van der Waals surface area (Å²) in [6, 6.07) is 9.73. The van der Waals surface area contributed by atoms with Gasteiger partial charge in [0.05, 0.1) is 10.0 Å². The summed E-state index contributed by atoms with van der Waals surface area (Å²) in [5.41, 5.74) is 5.90. The number of benzene rings is 2. The number of hydrogen-bond donors (Lipinski definition) is 2. The lowest BCUT2D eigenvalue weighted by Gasteiger charge is -2.10. The highest BCUT2D eigenvalue weighted by molar-refractivity contribution is 6.35. The first-order chi connectivity index (χ1) is 8.97. The van der Waals surface area contributed by atoms with Crippen molar-refractivity contribution in [1.82, 2.24) is 0 Å². The van der Waals surface area contributed by atoms with Crippen LogP contribution in [0.3, 0.4) is 0 Å². The molecule has 0 aliphatic heterocycles. The Balaban J connectivity index is 2.31. The Bertz CT molecular complexity index is 644. The molecule has 0 aliphatic rings. The smallest absolute Gasteiger partial charge is 0.146 e. The normalized spacial score (nSPS) is 10.3. The minimum atomic E-state index is -0.0574. The van der Waals surface area contributed by atoms with Gasteiger partial charge in [0.25, 0.3) is 0 Å². The van der Waals surface area contributed by atoms with Crippen LogP contribution in [0.2, 0.25) is 15.1 Å². The lowest BCUT2D eigenvalue weighted by Crippen LogP contribution is -2.10. The van der Waals surface area contributed by atoms with Crippen LogP contribution in [0.25, 0.3) is 0 Å². The molecule has 0 spiro atoms. The van der Waals surface area contributed by atoms with Crippen LogP contribution < -0.4 is 10.5 Å². The summed E-state index contributed by atoms with van der Waals surface area (Å²) in [5, 5.41) is 8.58. The maximum Gasteiger partial charge on any atom is 0.146 e. The summed E-state index contributed by atoms with van der Waals surface area (Å²) >= 11 is 17.9. The van der Waals surface area contributed by atoms with Crippen molar-refractivity contribution < 1.29 is 4.74 Å². The van der Waals surface area contributed by atoms with E-state index in [9.17, 15) is 0 Å². The number of nitrogens with one attached hydrogen (secondary N) is 1. The van der Waals surface area contributed by atoms with Crippen LogP contribution in [0.5, 0.6) is 11.5 Å². The van der Waals surface area contributed by atoms with Crippen LogP contribution >= 0.6 is 34.8 Å². The highest BCUT2D eigenvalue weighted by Crippen LogP contribution is 2.35. The molecule has 19 heavy (non-hydrogen) atoms. The second-order valence-corrected chi connectivity index (χ2v) is 4.99. The van der Waals surface area contributed by atoms with Crippen molar-refractivity contribution in [2.75, 3.05) is 0 Å². The van der Waals surface area contributed by atoms with E-state index in [1.54, 1.807) is 36.4 Å². The zero-order chi connectivity index (χ0) is 14.0. The molecule has 3 N–H and O–H groups in total. The van der Waals surface area contributed by atoms with Crippen molar-refractivity contribution in [3.8, 4) is 11.5 Å². The fourth-order valence-electron chi connectivity index (χ4n) is 1.43. The van der Waals surface area contributed by atoms with E-state index in [2.05, 4.69) is 0 Å². The van der Waals surface area contributed by atoms with Gasteiger partial charge >= 0.3 is 0 Å². The van der Waals surface area contributed by atoms with E-state index in [-0.39, 0.29) is 5.84 Å². The molecule has 0 aromatic heterocycles. The van der Waals surface area contributed by atoms with Gasteiger partial charge in [0, 0.05) is 10.6 Å². The Morgan fingerprint density at radius 2 is 1.53 bits per heavy atom. The summed E-state index contributed by atoms with van der Waals surface area (Å²) in [6.45, 7) is 0. The molecule has 0 heterocycles. The largest absolute Gasteiger partial charge is 0.454 e. The summed E-state index contributed by atoms with van der Waals surface area (Å²) < 4.78 is 5.60. The van der Waals surface area contributed by atoms with Crippen LogP contribution in [0.1, 0.15) is 5.56 Å². The predicted octanol–water partition coefficient (Wildman–Crippen LogP) is 4.72. The molecule has 0 atom stereocenters. The van der Waals surface area contributed by atoms with Crippen LogP contribution in [0, 0.1) is 5.41 Å². The molecule has 0 saturated carbocycles. The molecule has 3 nitrogen and oxygen atoms in total. The lowest BCUT2D eigenvalue weighted by atomic mass is 10.2. The van der Waals surface area contributed by atoms with Gasteiger partial charge in [-0.3, -0.25) is 5.41 Å². The van der Waals surface area contributed by atoms with E-state index in [1.807, 2.05) is 0 Å². The minimum Gasteiger partial charge on any atom is -0.454 e.